The minimum absolute atomic E-state index is 0. The highest BCUT2D eigenvalue weighted by molar-refractivity contribution is 5.54. The van der Waals surface area contributed by atoms with Crippen LogP contribution in [0, 0.1) is 0 Å². The van der Waals surface area contributed by atoms with Gasteiger partial charge in [-0.2, -0.15) is 0 Å². The Kier molecular flexibility index (Phi) is 14.4. The maximum atomic E-state index is 3.94. The minimum atomic E-state index is 0. The van der Waals surface area contributed by atoms with E-state index in [-0.39, 0.29) is 24.8 Å². The highest BCUT2D eigenvalue weighted by atomic mass is 35.5. The van der Waals surface area contributed by atoms with Crippen molar-refractivity contribution < 1.29 is 24.8 Å². The van der Waals surface area contributed by atoms with E-state index in [9.17, 15) is 0 Å². The smallest absolute Gasteiger partial charge is 0.134 e. The van der Waals surface area contributed by atoms with Crippen molar-refractivity contribution in [2.75, 3.05) is 39.3 Å². The van der Waals surface area contributed by atoms with Gasteiger partial charge in [0.15, 0.2) is 0 Å². The van der Waals surface area contributed by atoms with E-state index in [0.717, 1.165) is 48.2 Å². The molecule has 0 N–H and O–H groups in total. The Morgan fingerprint density at radius 1 is 0.464 bits per heavy atom. The first-order valence-electron chi connectivity index (χ1n) is 9.06. The van der Waals surface area contributed by atoms with Crippen LogP contribution in [0.4, 0.5) is 11.4 Å². The molecule has 1 aromatic carbocycles. The fraction of sp³-hybridized carbons (Fsp3) is 0.250. The first kappa shape index (κ1) is 28.4. The molecule has 0 aromatic heterocycles. The van der Waals surface area contributed by atoms with E-state index in [2.05, 4.69) is 63.7 Å². The van der Waals surface area contributed by atoms with Gasteiger partial charge < -0.3 is 24.8 Å². The Bertz CT molecular complexity index is 537. The fourth-order valence-corrected chi connectivity index (χ4v) is 3.65. The van der Waals surface area contributed by atoms with E-state index in [4.69, 9.17) is 0 Å². The molecule has 0 aliphatic heterocycles. The Balaban J connectivity index is 0. The summed E-state index contributed by atoms with van der Waals surface area (Å²) in [6.45, 7) is 28.7. The zero-order valence-corrected chi connectivity index (χ0v) is 18.4. The lowest BCUT2D eigenvalue weighted by molar-refractivity contribution is -0.00100. The predicted molar refractivity (Wildman–Crippen MR) is 120 cm³/mol. The Morgan fingerprint density at radius 2 is 0.643 bits per heavy atom. The molecule has 0 amide bonds. The molecule has 0 aliphatic rings. The molecule has 1 aromatic rings. The van der Waals surface area contributed by atoms with E-state index < -0.39 is 0 Å². The number of nitrogens with zero attached hydrogens (tertiary/aromatic N) is 2. The summed E-state index contributed by atoms with van der Waals surface area (Å²) in [4.78, 5) is 0. The summed E-state index contributed by atoms with van der Waals surface area (Å²) < 4.78 is 1.50. The second-order valence-corrected chi connectivity index (χ2v) is 6.63. The molecule has 0 aliphatic carbocycles. The van der Waals surface area contributed by atoms with E-state index in [1.54, 1.807) is 0 Å². The van der Waals surface area contributed by atoms with Crippen LogP contribution in [0.15, 0.2) is 100 Å². The second-order valence-electron chi connectivity index (χ2n) is 6.63. The lowest BCUT2D eigenvalue weighted by atomic mass is 10.1. The van der Waals surface area contributed by atoms with Gasteiger partial charge in [0.2, 0.25) is 0 Å². The van der Waals surface area contributed by atoms with Gasteiger partial charge in [-0.25, -0.2) is 0 Å². The molecule has 0 unspecified atom stereocenters. The van der Waals surface area contributed by atoms with Crippen molar-refractivity contribution in [3.63, 3.8) is 0 Å². The van der Waals surface area contributed by atoms with Crippen molar-refractivity contribution in [3.8, 4) is 0 Å². The number of quaternary nitrogens is 2. The lowest BCUT2D eigenvalue weighted by Crippen LogP contribution is -3.00. The van der Waals surface area contributed by atoms with Gasteiger partial charge in [-0.3, -0.25) is 8.97 Å². The molecule has 154 valence electrons. The molecule has 4 heteroatoms. The molecule has 2 nitrogen and oxygen atoms in total. The summed E-state index contributed by atoms with van der Waals surface area (Å²) in [5, 5.41) is 0. The van der Waals surface area contributed by atoms with Gasteiger partial charge in [-0.15, -0.1) is 0 Å². The van der Waals surface area contributed by atoms with Gasteiger partial charge in [0.05, 0.1) is 0 Å². The first-order valence-corrected chi connectivity index (χ1v) is 9.06. The highest BCUT2D eigenvalue weighted by Gasteiger charge is 2.30. The number of hydrogen-bond acceptors (Lipinski definition) is 0. The topological polar surface area (TPSA) is 0 Å². The molecule has 0 saturated heterocycles. The van der Waals surface area contributed by atoms with Crippen LogP contribution < -0.4 is 33.8 Å². The van der Waals surface area contributed by atoms with Crippen LogP contribution in [0.1, 0.15) is 0 Å². The molecule has 0 saturated carbocycles. The monoisotopic (exact) mass is 420 g/mol. The van der Waals surface area contributed by atoms with Crippen molar-refractivity contribution in [1.29, 1.82) is 0 Å². The molecule has 0 bridgehead atoms. The maximum Gasteiger partial charge on any atom is 0.134 e. The fourth-order valence-electron chi connectivity index (χ4n) is 3.65. The number of rotatable bonds is 14. The van der Waals surface area contributed by atoms with E-state index >= 15 is 0 Å². The van der Waals surface area contributed by atoms with Gasteiger partial charge in [-0.1, -0.05) is 39.5 Å². The summed E-state index contributed by atoms with van der Waals surface area (Å²) in [5.41, 5.74) is 2.48. The molecule has 0 fully saturated rings. The molecule has 0 heterocycles. The quantitative estimate of drug-likeness (QED) is 0.279. The van der Waals surface area contributed by atoms with Crippen LogP contribution in [-0.4, -0.2) is 39.3 Å². The molecular weight excluding hydrogens is 387 g/mol. The molecule has 1 rings (SSSR count). The lowest BCUT2D eigenvalue weighted by Gasteiger charge is -2.38. The Hall–Kier alpha value is -1.84. The van der Waals surface area contributed by atoms with Gasteiger partial charge in [0, 0.05) is 24.3 Å². The average Bonchev–Trinajstić information content (AvgIpc) is 2.63. The number of hydrogen-bond donors (Lipinski definition) is 0. The first-order chi connectivity index (χ1) is 12.6. The molecule has 0 atom stereocenters. The Labute approximate surface area is 184 Å². The third-order valence-electron chi connectivity index (χ3n) is 4.82. The summed E-state index contributed by atoms with van der Waals surface area (Å²) >= 11 is 0. The summed E-state index contributed by atoms with van der Waals surface area (Å²) in [5.74, 6) is 0. The summed E-state index contributed by atoms with van der Waals surface area (Å²) in [6, 6.07) is 8.87. The van der Waals surface area contributed by atoms with E-state index in [1.165, 1.54) is 11.4 Å². The normalized spacial score (nSPS) is 10.6. The SMILES string of the molecule is C=CC[N+](CC=C)(CC=C)c1ccc([N+](CC=C)(CC=C)CC=C)cc1.[Cl-].[Cl-]. The van der Waals surface area contributed by atoms with Crippen LogP contribution in [0.5, 0.6) is 0 Å². The van der Waals surface area contributed by atoms with Crippen LogP contribution in [0.3, 0.4) is 0 Å². The summed E-state index contributed by atoms with van der Waals surface area (Å²) in [7, 11) is 0. The largest absolute Gasteiger partial charge is 1.00 e. The molecule has 28 heavy (non-hydrogen) atoms. The standard InChI is InChI=1S/C24H34N2.2ClH/c1-7-17-25(18-8-2,19-9-3)23-13-15-24(16-14-23)26(20-10-4,21-11-5)22-12-6;;/h7-16H,1-6,17-22H2;2*1H/q+2;;/p-2. The zero-order valence-electron chi connectivity index (χ0n) is 16.9. The van der Waals surface area contributed by atoms with Gasteiger partial charge in [-0.05, 0) is 36.5 Å². The molecule has 0 spiro atoms. The van der Waals surface area contributed by atoms with Crippen molar-refractivity contribution >= 4 is 11.4 Å². The van der Waals surface area contributed by atoms with Crippen LogP contribution >= 0.6 is 0 Å². The molecule has 0 radical (unpaired) electrons. The number of halogens is 2. The van der Waals surface area contributed by atoms with Crippen LogP contribution in [-0.2, 0) is 0 Å². The van der Waals surface area contributed by atoms with Crippen molar-refractivity contribution in [2.45, 2.75) is 0 Å². The maximum absolute atomic E-state index is 3.94. The predicted octanol–water partition coefficient (Wildman–Crippen LogP) is -0.575. The highest BCUT2D eigenvalue weighted by Crippen LogP contribution is 2.30. The zero-order chi connectivity index (χ0) is 19.5. The third kappa shape index (κ3) is 6.65. The van der Waals surface area contributed by atoms with Crippen molar-refractivity contribution in [2.24, 2.45) is 0 Å². The van der Waals surface area contributed by atoms with Crippen molar-refractivity contribution in [1.82, 2.24) is 8.97 Å². The van der Waals surface area contributed by atoms with E-state index in [0.29, 0.717) is 0 Å². The minimum Gasteiger partial charge on any atom is -1.00 e. The van der Waals surface area contributed by atoms with Crippen molar-refractivity contribution in [3.05, 3.63) is 100 Å². The molecular formula is C24H34Cl2N2. The van der Waals surface area contributed by atoms with Crippen LogP contribution in [0.2, 0.25) is 0 Å². The number of benzene rings is 1. The van der Waals surface area contributed by atoms with Crippen LogP contribution in [0.25, 0.3) is 0 Å². The second kappa shape index (κ2) is 14.2. The summed E-state index contributed by atoms with van der Waals surface area (Å²) in [6.07, 6.45) is 11.8. The van der Waals surface area contributed by atoms with E-state index in [1.807, 2.05) is 36.5 Å². The van der Waals surface area contributed by atoms with Gasteiger partial charge in [0.25, 0.3) is 0 Å². The van der Waals surface area contributed by atoms with Gasteiger partial charge in [0.1, 0.15) is 50.6 Å². The third-order valence-corrected chi connectivity index (χ3v) is 4.82. The van der Waals surface area contributed by atoms with Gasteiger partial charge >= 0.3 is 0 Å². The Morgan fingerprint density at radius 3 is 0.786 bits per heavy atom. The average molecular weight is 421 g/mol.